The van der Waals surface area contributed by atoms with Gasteiger partial charge in [0.2, 0.25) is 0 Å². The first-order valence-corrected chi connectivity index (χ1v) is 3.64. The molecule has 64 valence electrons. The summed E-state index contributed by atoms with van der Waals surface area (Å²) in [7, 11) is 0. The normalized spacial score (nSPS) is 7.92. The third kappa shape index (κ3) is 4.42. The molecule has 1 aromatic rings. The molecular weight excluding hydrogens is 152 g/mol. The maximum atomic E-state index is 8.12. The zero-order valence-corrected chi connectivity index (χ0v) is 7.55. The minimum Gasteiger partial charge on any atom is -0.186 e. The molecule has 1 aromatic carbocycles. The molecule has 12 heavy (non-hydrogen) atoms. The van der Waals surface area contributed by atoms with Crippen LogP contribution in [0.1, 0.15) is 16.7 Å². The summed E-state index contributed by atoms with van der Waals surface area (Å²) in [5, 5.41) is 0. The van der Waals surface area contributed by atoms with E-state index in [0.29, 0.717) is 0 Å². The van der Waals surface area contributed by atoms with E-state index in [2.05, 4.69) is 39.0 Å². The van der Waals surface area contributed by atoms with Gasteiger partial charge >= 0.3 is 6.15 Å². The molecule has 2 nitrogen and oxygen atoms in total. The van der Waals surface area contributed by atoms with Crippen molar-refractivity contribution in [2.45, 2.75) is 20.8 Å². The van der Waals surface area contributed by atoms with Crippen molar-refractivity contribution in [1.82, 2.24) is 0 Å². The average molecular weight is 164 g/mol. The number of rotatable bonds is 0. The molecule has 0 aliphatic heterocycles. The Bertz CT molecular complexity index is 233. The first-order valence-electron chi connectivity index (χ1n) is 3.64. The minimum atomic E-state index is 0.250. The molecule has 0 aliphatic rings. The molecule has 0 aliphatic carbocycles. The van der Waals surface area contributed by atoms with E-state index in [1.54, 1.807) is 0 Å². The summed E-state index contributed by atoms with van der Waals surface area (Å²) in [5.74, 6) is 0. The number of hydrogen-bond acceptors (Lipinski definition) is 2. The second-order valence-electron chi connectivity index (χ2n) is 2.75. The summed E-state index contributed by atoms with van der Waals surface area (Å²) in [5.41, 5.74) is 4.06. The Balaban J connectivity index is 0.000000354. The Hall–Kier alpha value is -1.40. The molecule has 0 saturated heterocycles. The largest absolute Gasteiger partial charge is 0.373 e. The maximum Gasteiger partial charge on any atom is 0.373 e. The lowest BCUT2D eigenvalue weighted by Crippen LogP contribution is -1.78. The highest BCUT2D eigenvalue weighted by molar-refractivity contribution is 5.27. The van der Waals surface area contributed by atoms with Crippen molar-refractivity contribution in [2.75, 3.05) is 0 Å². The minimum absolute atomic E-state index is 0.250. The highest BCUT2D eigenvalue weighted by Gasteiger charge is 1.87. The third-order valence-electron chi connectivity index (χ3n) is 1.37. The SMILES string of the molecule is Cc1cc(C)cc(C)c1.O=C=O. The Morgan fingerprint density at radius 3 is 1.17 bits per heavy atom. The molecule has 1 rings (SSSR count). The van der Waals surface area contributed by atoms with Crippen molar-refractivity contribution < 1.29 is 9.59 Å². The van der Waals surface area contributed by atoms with E-state index >= 15 is 0 Å². The molecule has 0 N–H and O–H groups in total. The number of carbonyl (C=O) groups excluding carboxylic acids is 2. The summed E-state index contributed by atoms with van der Waals surface area (Å²) in [6.07, 6.45) is 0.250. The molecule has 0 fully saturated rings. The van der Waals surface area contributed by atoms with E-state index in [1.807, 2.05) is 0 Å². The van der Waals surface area contributed by atoms with Crippen LogP contribution in [-0.2, 0) is 9.59 Å². The van der Waals surface area contributed by atoms with Gasteiger partial charge in [-0.2, -0.15) is 9.59 Å². The van der Waals surface area contributed by atoms with Crippen LogP contribution in [0, 0.1) is 20.8 Å². The molecule has 0 heterocycles. The summed E-state index contributed by atoms with van der Waals surface area (Å²) in [6.45, 7) is 6.38. The van der Waals surface area contributed by atoms with Crippen LogP contribution in [0.4, 0.5) is 0 Å². The van der Waals surface area contributed by atoms with Gasteiger partial charge in [-0.3, -0.25) is 0 Å². The van der Waals surface area contributed by atoms with E-state index < -0.39 is 0 Å². The van der Waals surface area contributed by atoms with Crippen molar-refractivity contribution in [2.24, 2.45) is 0 Å². The highest BCUT2D eigenvalue weighted by Crippen LogP contribution is 2.06. The van der Waals surface area contributed by atoms with Crippen LogP contribution in [-0.4, -0.2) is 6.15 Å². The van der Waals surface area contributed by atoms with Gasteiger partial charge in [-0.25, -0.2) is 0 Å². The monoisotopic (exact) mass is 164 g/mol. The van der Waals surface area contributed by atoms with Crippen LogP contribution in [0.25, 0.3) is 0 Å². The zero-order valence-electron chi connectivity index (χ0n) is 7.55. The first-order chi connectivity index (χ1) is 5.60. The van der Waals surface area contributed by atoms with Crippen molar-refractivity contribution in [3.05, 3.63) is 34.9 Å². The van der Waals surface area contributed by atoms with E-state index in [4.69, 9.17) is 9.59 Å². The van der Waals surface area contributed by atoms with Crippen molar-refractivity contribution in [3.63, 3.8) is 0 Å². The molecule has 0 unspecified atom stereocenters. The van der Waals surface area contributed by atoms with Crippen molar-refractivity contribution in [3.8, 4) is 0 Å². The maximum absolute atomic E-state index is 8.12. The third-order valence-corrected chi connectivity index (χ3v) is 1.37. The molecule has 0 bridgehead atoms. The predicted octanol–water partition coefficient (Wildman–Crippen LogP) is 2.03. The fourth-order valence-electron chi connectivity index (χ4n) is 1.20. The Kier molecular flexibility index (Phi) is 4.66. The van der Waals surface area contributed by atoms with Gasteiger partial charge in [-0.15, -0.1) is 0 Å². The second kappa shape index (κ2) is 5.28. The van der Waals surface area contributed by atoms with Gasteiger partial charge in [0, 0.05) is 0 Å². The van der Waals surface area contributed by atoms with E-state index in [1.165, 1.54) is 16.7 Å². The van der Waals surface area contributed by atoms with Crippen LogP contribution in [0.5, 0.6) is 0 Å². The molecule has 2 heteroatoms. The standard InChI is InChI=1S/C9H12.CO2/c1-7-4-8(2)6-9(3)5-7;2-1-3/h4-6H,1-3H3;. The number of hydrogen-bond donors (Lipinski definition) is 0. The molecule has 0 spiro atoms. The molecule has 0 saturated carbocycles. The van der Waals surface area contributed by atoms with Crippen LogP contribution in [0.2, 0.25) is 0 Å². The molecule has 0 amide bonds. The van der Waals surface area contributed by atoms with Gasteiger partial charge in [0.1, 0.15) is 0 Å². The predicted molar refractivity (Wildman–Crippen MR) is 45.7 cm³/mol. The number of aryl methyl sites for hydroxylation is 3. The summed E-state index contributed by atoms with van der Waals surface area (Å²) in [6, 6.07) is 6.56. The van der Waals surface area contributed by atoms with Gasteiger partial charge < -0.3 is 0 Å². The van der Waals surface area contributed by atoms with Gasteiger partial charge in [0.25, 0.3) is 0 Å². The summed E-state index contributed by atoms with van der Waals surface area (Å²) < 4.78 is 0. The molecule has 0 atom stereocenters. The molecule has 0 radical (unpaired) electrons. The van der Waals surface area contributed by atoms with E-state index in [9.17, 15) is 0 Å². The summed E-state index contributed by atoms with van der Waals surface area (Å²) in [4.78, 5) is 16.2. The zero-order chi connectivity index (χ0) is 9.56. The average Bonchev–Trinajstić information content (AvgIpc) is 1.84. The van der Waals surface area contributed by atoms with Gasteiger partial charge in [0.15, 0.2) is 0 Å². The van der Waals surface area contributed by atoms with Crippen LogP contribution in [0.15, 0.2) is 18.2 Å². The smallest absolute Gasteiger partial charge is 0.186 e. The fourth-order valence-corrected chi connectivity index (χ4v) is 1.20. The van der Waals surface area contributed by atoms with Gasteiger partial charge in [-0.1, -0.05) is 34.9 Å². The van der Waals surface area contributed by atoms with Gasteiger partial charge in [-0.05, 0) is 20.8 Å². The van der Waals surface area contributed by atoms with Crippen molar-refractivity contribution >= 4 is 6.15 Å². The quantitative estimate of drug-likeness (QED) is 0.588. The Morgan fingerprint density at radius 2 is 1.00 bits per heavy atom. The molecule has 0 aromatic heterocycles. The van der Waals surface area contributed by atoms with Crippen molar-refractivity contribution in [1.29, 1.82) is 0 Å². The lowest BCUT2D eigenvalue weighted by atomic mass is 10.1. The van der Waals surface area contributed by atoms with Crippen LogP contribution >= 0.6 is 0 Å². The fraction of sp³-hybridized carbons (Fsp3) is 0.300. The van der Waals surface area contributed by atoms with E-state index in [0.717, 1.165) is 0 Å². The second-order valence-corrected chi connectivity index (χ2v) is 2.75. The van der Waals surface area contributed by atoms with Crippen LogP contribution in [0.3, 0.4) is 0 Å². The number of benzene rings is 1. The van der Waals surface area contributed by atoms with Gasteiger partial charge in [0.05, 0.1) is 0 Å². The highest BCUT2D eigenvalue weighted by atomic mass is 16.2. The summed E-state index contributed by atoms with van der Waals surface area (Å²) >= 11 is 0. The van der Waals surface area contributed by atoms with E-state index in [-0.39, 0.29) is 6.15 Å². The Labute approximate surface area is 72.2 Å². The topological polar surface area (TPSA) is 34.1 Å². The lowest BCUT2D eigenvalue weighted by molar-refractivity contribution is -0.191. The Morgan fingerprint density at radius 1 is 0.833 bits per heavy atom. The molecular formula is C10H12O2. The lowest BCUT2D eigenvalue weighted by Gasteiger charge is -1.96. The first kappa shape index (κ1) is 10.6. The van der Waals surface area contributed by atoms with Crippen LogP contribution < -0.4 is 0 Å².